The molecule has 8 N–H and O–H groups in total. The summed E-state index contributed by atoms with van der Waals surface area (Å²) in [7, 11) is -16.9. The summed E-state index contributed by atoms with van der Waals surface area (Å²) >= 11 is 0. The van der Waals surface area contributed by atoms with Gasteiger partial charge in [-0.1, -0.05) is 13.0 Å². The topological polar surface area (TPSA) is 294 Å². The molecular formula is C13H20N5O14P3. The van der Waals surface area contributed by atoms with Crippen LogP contribution in [-0.2, 0) is 31.6 Å². The first-order chi connectivity index (χ1) is 16.1. The normalized spacial score (nSPS) is 36.0. The molecule has 35 heavy (non-hydrogen) atoms. The fraction of sp³-hybridized carbons (Fsp3) is 0.615. The molecule has 4 unspecified atom stereocenters. The van der Waals surface area contributed by atoms with Gasteiger partial charge >= 0.3 is 23.5 Å². The molecule has 0 bridgehead atoms. The van der Waals surface area contributed by atoms with Crippen molar-refractivity contribution < 1.29 is 66.6 Å². The number of aliphatic hydroxyl groups is 2. The van der Waals surface area contributed by atoms with Crippen molar-refractivity contribution in [2.45, 2.75) is 36.9 Å². The SMILES string of the molecule is CC1C=C2C(NO)=NC=NN2C1[C@]1(C#N)O[C@H](COP(=O)(O)OP(=O)(O)OP(=O)(O)O)[C@@H](O)[C@H]1O. The molecule has 1 saturated heterocycles. The van der Waals surface area contributed by atoms with Crippen molar-refractivity contribution in [1.82, 2.24) is 10.5 Å². The second kappa shape index (κ2) is 9.71. The van der Waals surface area contributed by atoms with E-state index in [0.29, 0.717) is 0 Å². The molecule has 22 heteroatoms. The largest absolute Gasteiger partial charge is 0.490 e. The van der Waals surface area contributed by atoms with Crippen molar-refractivity contribution in [3.05, 3.63) is 11.8 Å². The Bertz CT molecular complexity index is 1130. The number of phosphoric ester groups is 1. The average Bonchev–Trinajstić information content (AvgIpc) is 3.18. The number of phosphoric acid groups is 3. The summed E-state index contributed by atoms with van der Waals surface area (Å²) in [5.41, 5.74) is -0.132. The number of nitrogens with one attached hydrogen (secondary N) is 1. The van der Waals surface area contributed by atoms with E-state index in [1.165, 1.54) is 5.01 Å². The van der Waals surface area contributed by atoms with Gasteiger partial charge in [-0.3, -0.25) is 20.2 Å². The first-order valence-electron chi connectivity index (χ1n) is 9.31. The van der Waals surface area contributed by atoms with Crippen molar-refractivity contribution in [3.8, 4) is 6.07 Å². The van der Waals surface area contributed by atoms with Crippen LogP contribution in [0.25, 0.3) is 0 Å². The van der Waals surface area contributed by atoms with Crippen molar-refractivity contribution >= 4 is 35.6 Å². The van der Waals surface area contributed by atoms with Gasteiger partial charge in [-0.25, -0.2) is 18.7 Å². The summed E-state index contributed by atoms with van der Waals surface area (Å²) in [6.45, 7) is 0.516. The number of hydrogen-bond acceptors (Lipinski definition) is 15. The van der Waals surface area contributed by atoms with Crippen LogP contribution in [0.15, 0.2) is 21.9 Å². The number of hydrogen-bond donors (Lipinski definition) is 8. The maximum atomic E-state index is 12.0. The minimum Gasteiger partial charge on any atom is -0.387 e. The number of rotatable bonds is 8. The van der Waals surface area contributed by atoms with Gasteiger partial charge in [0.25, 0.3) is 0 Å². The maximum Gasteiger partial charge on any atom is 0.490 e. The van der Waals surface area contributed by atoms with Gasteiger partial charge in [0.1, 0.15) is 42.5 Å². The number of hydroxylamine groups is 1. The Balaban J connectivity index is 1.77. The summed E-state index contributed by atoms with van der Waals surface area (Å²) in [6.07, 6.45) is -2.91. The fourth-order valence-electron chi connectivity index (χ4n) is 3.83. The van der Waals surface area contributed by atoms with E-state index >= 15 is 0 Å². The van der Waals surface area contributed by atoms with Crippen LogP contribution in [-0.4, -0.2) is 88.7 Å². The predicted octanol–water partition coefficient (Wildman–Crippen LogP) is -1.75. The molecule has 0 aromatic heterocycles. The van der Waals surface area contributed by atoms with Crippen molar-refractivity contribution in [1.29, 1.82) is 5.26 Å². The standard InChI is InChI=1S/C13H20N5O14P3/c1-6-2-7-12(17-21)15-5-16-18(7)10(6)13(4-14)11(20)9(19)8(30-13)3-29-34(25,26)32-35(27,28)31-33(22,23)24/h2,5-6,8-11,19-21H,3H2,1H3,(H,25,26)(H,27,28)(H,15,16,17)(H2,22,23,24)/t6?,8-,9-,10?,11-,13+/m1/s1. The number of ether oxygens (including phenoxy) is 1. The first kappa shape index (κ1) is 28.0. The number of fused-ring (bicyclic) bond motifs is 1. The van der Waals surface area contributed by atoms with Gasteiger partial charge < -0.3 is 34.5 Å². The lowest BCUT2D eigenvalue weighted by atomic mass is 9.82. The van der Waals surface area contributed by atoms with Gasteiger partial charge in [0.2, 0.25) is 5.60 Å². The second-order valence-corrected chi connectivity index (χ2v) is 11.8. The lowest BCUT2D eigenvalue weighted by Gasteiger charge is -2.38. The summed E-state index contributed by atoms with van der Waals surface area (Å²) in [4.78, 5) is 39.7. The third-order valence-electron chi connectivity index (χ3n) is 5.06. The highest BCUT2D eigenvalue weighted by atomic mass is 31.3. The van der Waals surface area contributed by atoms with E-state index in [0.717, 1.165) is 6.34 Å². The molecule has 3 aliphatic rings. The summed E-state index contributed by atoms with van der Waals surface area (Å²) in [5, 5.41) is 45.6. The molecule has 3 rings (SSSR count). The molecule has 196 valence electrons. The number of aliphatic imine (C=N–C) groups is 1. The van der Waals surface area contributed by atoms with Crippen LogP contribution < -0.4 is 5.48 Å². The predicted molar refractivity (Wildman–Crippen MR) is 109 cm³/mol. The monoisotopic (exact) mass is 563 g/mol. The van der Waals surface area contributed by atoms with Gasteiger partial charge in [-0.15, -0.1) is 0 Å². The Morgan fingerprint density at radius 1 is 1.23 bits per heavy atom. The second-order valence-electron chi connectivity index (χ2n) is 7.40. The highest BCUT2D eigenvalue weighted by Gasteiger charge is 2.63. The fourth-order valence-corrected chi connectivity index (χ4v) is 6.86. The average molecular weight is 563 g/mol. The smallest absolute Gasteiger partial charge is 0.387 e. The van der Waals surface area contributed by atoms with Gasteiger partial charge in [-0.2, -0.15) is 19.0 Å². The Hall–Kier alpha value is -1.58. The van der Waals surface area contributed by atoms with Gasteiger partial charge in [0.05, 0.1) is 6.61 Å². The molecule has 0 aromatic carbocycles. The molecule has 0 amide bonds. The van der Waals surface area contributed by atoms with E-state index in [1.54, 1.807) is 19.1 Å². The molecular weight excluding hydrogens is 543 g/mol. The van der Waals surface area contributed by atoms with Crippen LogP contribution >= 0.6 is 23.5 Å². The molecule has 8 atom stereocenters. The maximum absolute atomic E-state index is 12.0. The van der Waals surface area contributed by atoms with Crippen LogP contribution in [0, 0.1) is 17.2 Å². The molecule has 0 spiro atoms. The summed E-state index contributed by atoms with van der Waals surface area (Å²) < 4.78 is 51.3. The number of amidine groups is 1. The van der Waals surface area contributed by atoms with Crippen molar-refractivity contribution in [2.75, 3.05) is 6.61 Å². The van der Waals surface area contributed by atoms with E-state index in [9.17, 15) is 44.2 Å². The van der Waals surface area contributed by atoms with Gasteiger partial charge in [0.15, 0.2) is 5.84 Å². The van der Waals surface area contributed by atoms with Crippen molar-refractivity contribution in [3.63, 3.8) is 0 Å². The quantitative estimate of drug-likeness (QED) is 0.120. The Labute approximate surface area is 195 Å². The highest BCUT2D eigenvalue weighted by Crippen LogP contribution is 2.66. The van der Waals surface area contributed by atoms with Crippen LogP contribution in [0.4, 0.5) is 0 Å². The first-order valence-corrected chi connectivity index (χ1v) is 13.8. The van der Waals surface area contributed by atoms with Crippen molar-refractivity contribution in [2.24, 2.45) is 16.0 Å². The summed E-state index contributed by atoms with van der Waals surface area (Å²) in [5.74, 6) is -0.614. The summed E-state index contributed by atoms with van der Waals surface area (Å²) in [6, 6.07) is 0.675. The van der Waals surface area contributed by atoms with E-state index in [4.69, 9.17) is 14.5 Å². The number of aliphatic hydroxyl groups excluding tert-OH is 2. The molecule has 3 aliphatic heterocycles. The van der Waals surface area contributed by atoms with Crippen LogP contribution in [0.3, 0.4) is 0 Å². The Kier molecular flexibility index (Phi) is 7.77. The number of nitrogens with zero attached hydrogens (tertiary/aromatic N) is 4. The number of hydrazone groups is 1. The molecule has 3 heterocycles. The zero-order valence-corrected chi connectivity index (χ0v) is 20.1. The van der Waals surface area contributed by atoms with Crippen LogP contribution in [0.1, 0.15) is 6.92 Å². The Morgan fingerprint density at radius 3 is 2.46 bits per heavy atom. The van der Waals surface area contributed by atoms with E-state index in [1.807, 2.05) is 5.48 Å². The zero-order chi connectivity index (χ0) is 26.4. The molecule has 0 aromatic rings. The lowest BCUT2D eigenvalue weighted by molar-refractivity contribution is -0.0996. The van der Waals surface area contributed by atoms with Gasteiger partial charge in [0, 0.05) is 5.92 Å². The molecule has 1 fully saturated rings. The van der Waals surface area contributed by atoms with E-state index in [2.05, 4.69) is 23.2 Å². The third-order valence-corrected chi connectivity index (χ3v) is 8.87. The number of nitriles is 1. The van der Waals surface area contributed by atoms with E-state index in [-0.39, 0.29) is 11.5 Å². The van der Waals surface area contributed by atoms with Crippen LogP contribution in [0.5, 0.6) is 0 Å². The molecule has 0 saturated carbocycles. The highest BCUT2D eigenvalue weighted by molar-refractivity contribution is 7.66. The minimum atomic E-state index is -5.78. The third kappa shape index (κ3) is 5.72. The molecule has 0 radical (unpaired) electrons. The van der Waals surface area contributed by atoms with E-state index < -0.39 is 65.9 Å². The van der Waals surface area contributed by atoms with Gasteiger partial charge in [-0.05, 0) is 0 Å². The zero-order valence-electron chi connectivity index (χ0n) is 17.4. The molecule has 0 aliphatic carbocycles. The van der Waals surface area contributed by atoms with Crippen LogP contribution in [0.2, 0.25) is 0 Å². The Morgan fingerprint density at radius 2 is 1.89 bits per heavy atom. The minimum absolute atomic E-state index is 0.0281. The lowest BCUT2D eigenvalue weighted by Crippen LogP contribution is -2.58. The molecule has 19 nitrogen and oxygen atoms in total.